The average Bonchev–Trinajstić information content (AvgIpc) is 1.91. The van der Waals surface area contributed by atoms with Crippen molar-refractivity contribution in [2.75, 3.05) is 5.73 Å². The average molecular weight is 139 g/mol. The van der Waals surface area contributed by atoms with Gasteiger partial charge in [0.2, 0.25) is 0 Å². The first-order valence-electron chi connectivity index (χ1n) is 2.30. The summed E-state index contributed by atoms with van der Waals surface area (Å²) in [7, 11) is 0. The van der Waals surface area contributed by atoms with Crippen LogP contribution in [0.15, 0.2) is 17.1 Å². The SMILES string of the molecule is N#N.Nc1ccnc(=O)[nH]1. The maximum atomic E-state index is 10.2. The molecular formula is C4H5N5O. The van der Waals surface area contributed by atoms with Crippen LogP contribution in [0.2, 0.25) is 0 Å². The van der Waals surface area contributed by atoms with Crippen LogP contribution in [0.4, 0.5) is 5.82 Å². The zero-order chi connectivity index (χ0) is 7.98. The minimum absolute atomic E-state index is 0.338. The van der Waals surface area contributed by atoms with E-state index in [2.05, 4.69) is 9.97 Å². The molecule has 0 saturated carbocycles. The first kappa shape index (κ1) is 8.10. The third-order valence-corrected chi connectivity index (χ3v) is 0.697. The summed E-state index contributed by atoms with van der Waals surface area (Å²) in [5, 5.41) is 12.0. The normalized spacial score (nSPS) is 7.40. The number of nitrogens with two attached hydrogens (primary N) is 1. The van der Waals surface area contributed by atoms with Crippen LogP contribution in [0.5, 0.6) is 0 Å². The van der Waals surface area contributed by atoms with Crippen LogP contribution in [0.1, 0.15) is 0 Å². The molecule has 0 aromatic carbocycles. The van der Waals surface area contributed by atoms with Crippen molar-refractivity contribution in [1.82, 2.24) is 9.97 Å². The van der Waals surface area contributed by atoms with Crippen molar-refractivity contribution in [3.8, 4) is 0 Å². The Balaban J connectivity index is 0.000000371. The molecular weight excluding hydrogens is 134 g/mol. The van der Waals surface area contributed by atoms with Crippen molar-refractivity contribution in [3.05, 3.63) is 22.7 Å². The Bertz CT molecular complexity index is 264. The van der Waals surface area contributed by atoms with Gasteiger partial charge in [0.15, 0.2) is 0 Å². The maximum Gasteiger partial charge on any atom is 0.346 e. The fourth-order valence-electron chi connectivity index (χ4n) is 0.383. The molecule has 1 heterocycles. The minimum Gasteiger partial charge on any atom is -0.385 e. The Labute approximate surface area is 56.1 Å². The molecule has 1 aromatic rings. The number of aromatic nitrogens is 2. The van der Waals surface area contributed by atoms with E-state index < -0.39 is 5.69 Å². The van der Waals surface area contributed by atoms with E-state index >= 15 is 0 Å². The number of nitrogens with one attached hydrogen (secondary N) is 1. The lowest BCUT2D eigenvalue weighted by Gasteiger charge is -1.84. The maximum absolute atomic E-state index is 10.2. The second-order valence-corrected chi connectivity index (χ2v) is 1.33. The Hall–Kier alpha value is -1.90. The number of H-pyrrole nitrogens is 1. The van der Waals surface area contributed by atoms with E-state index in [9.17, 15) is 4.79 Å². The summed E-state index contributed by atoms with van der Waals surface area (Å²) in [4.78, 5) is 15.9. The molecule has 0 aliphatic carbocycles. The minimum atomic E-state index is -0.412. The smallest absolute Gasteiger partial charge is 0.346 e. The predicted molar refractivity (Wildman–Crippen MR) is 32.7 cm³/mol. The van der Waals surface area contributed by atoms with Crippen molar-refractivity contribution in [1.29, 1.82) is 10.8 Å². The van der Waals surface area contributed by atoms with Crippen molar-refractivity contribution >= 4 is 5.82 Å². The molecule has 10 heavy (non-hydrogen) atoms. The second kappa shape index (κ2) is 4.03. The lowest BCUT2D eigenvalue weighted by Crippen LogP contribution is -2.10. The number of rotatable bonds is 0. The van der Waals surface area contributed by atoms with Crippen LogP contribution in [0.3, 0.4) is 0 Å². The van der Waals surface area contributed by atoms with Gasteiger partial charge in [0.25, 0.3) is 0 Å². The molecule has 1 rings (SSSR count). The number of anilines is 1. The molecule has 1 aromatic heterocycles. The van der Waals surface area contributed by atoms with Crippen molar-refractivity contribution in [2.24, 2.45) is 0 Å². The van der Waals surface area contributed by atoms with Crippen LogP contribution in [0, 0.1) is 10.8 Å². The Morgan fingerprint density at radius 3 is 2.50 bits per heavy atom. The molecule has 6 heteroatoms. The summed E-state index contributed by atoms with van der Waals surface area (Å²) in [6, 6.07) is 1.52. The highest BCUT2D eigenvalue weighted by Crippen LogP contribution is 1.82. The van der Waals surface area contributed by atoms with Crippen molar-refractivity contribution in [2.45, 2.75) is 0 Å². The molecule has 3 N–H and O–H groups in total. The van der Waals surface area contributed by atoms with Crippen LogP contribution in [-0.2, 0) is 0 Å². The van der Waals surface area contributed by atoms with Gasteiger partial charge >= 0.3 is 5.69 Å². The van der Waals surface area contributed by atoms with Gasteiger partial charge < -0.3 is 5.73 Å². The summed E-state index contributed by atoms with van der Waals surface area (Å²) in [6.07, 6.45) is 1.36. The zero-order valence-corrected chi connectivity index (χ0v) is 4.98. The highest BCUT2D eigenvalue weighted by Gasteiger charge is 1.80. The number of aromatic amines is 1. The summed E-state index contributed by atoms with van der Waals surface area (Å²) < 4.78 is 0. The molecule has 0 unspecified atom stereocenters. The largest absolute Gasteiger partial charge is 0.385 e. The highest BCUT2D eigenvalue weighted by atomic mass is 16.1. The fourth-order valence-corrected chi connectivity index (χ4v) is 0.383. The third-order valence-electron chi connectivity index (χ3n) is 0.697. The molecule has 6 nitrogen and oxygen atoms in total. The molecule has 0 bridgehead atoms. The molecule has 52 valence electrons. The molecule has 0 amide bonds. The summed E-state index contributed by atoms with van der Waals surface area (Å²) in [5.74, 6) is 0.338. The predicted octanol–water partition coefficient (Wildman–Crippen LogP) is -0.618. The van der Waals surface area contributed by atoms with Gasteiger partial charge in [-0.1, -0.05) is 0 Å². The standard InChI is InChI=1S/C4H5N3O.N2/c5-3-1-2-6-4(8)7-3;1-2/h1-2H,(H3,5,6,7,8);. The monoisotopic (exact) mass is 139 g/mol. The van der Waals surface area contributed by atoms with Crippen LogP contribution < -0.4 is 11.4 Å². The van der Waals surface area contributed by atoms with E-state index in [0.717, 1.165) is 0 Å². The topological polar surface area (TPSA) is 119 Å². The number of hydrogen-bond donors (Lipinski definition) is 2. The first-order chi connectivity index (χ1) is 4.79. The van der Waals surface area contributed by atoms with Gasteiger partial charge in [0, 0.05) is 17.0 Å². The molecule has 0 radical (unpaired) electrons. The number of nitrogens with zero attached hydrogens (tertiary/aromatic N) is 3. The molecule has 0 saturated heterocycles. The Kier molecular flexibility index (Phi) is 3.26. The molecule has 0 atom stereocenters. The lowest BCUT2D eigenvalue weighted by atomic mass is 10.6. The second-order valence-electron chi connectivity index (χ2n) is 1.33. The highest BCUT2D eigenvalue weighted by molar-refractivity contribution is 5.22. The quantitative estimate of drug-likeness (QED) is 0.464. The van der Waals surface area contributed by atoms with Crippen molar-refractivity contribution in [3.63, 3.8) is 0 Å². The first-order valence-corrected chi connectivity index (χ1v) is 2.30. The third kappa shape index (κ3) is 2.42. The molecule has 0 aliphatic rings. The fraction of sp³-hybridized carbons (Fsp3) is 0. The summed E-state index contributed by atoms with van der Waals surface area (Å²) in [6.45, 7) is 0. The van der Waals surface area contributed by atoms with Gasteiger partial charge in [-0.2, -0.15) is 0 Å². The van der Waals surface area contributed by atoms with E-state index in [-0.39, 0.29) is 0 Å². The van der Waals surface area contributed by atoms with Crippen LogP contribution >= 0.6 is 0 Å². The summed E-state index contributed by atoms with van der Waals surface area (Å²) >= 11 is 0. The number of hydrogen-bond acceptors (Lipinski definition) is 5. The number of nitrogen functional groups attached to an aromatic ring is 1. The Morgan fingerprint density at radius 2 is 2.20 bits per heavy atom. The van der Waals surface area contributed by atoms with Gasteiger partial charge in [-0.3, -0.25) is 4.98 Å². The van der Waals surface area contributed by atoms with Gasteiger partial charge in [-0.05, 0) is 6.07 Å². The molecule has 0 fully saturated rings. The van der Waals surface area contributed by atoms with E-state index in [1.54, 1.807) is 0 Å². The molecule has 0 aliphatic heterocycles. The van der Waals surface area contributed by atoms with Crippen molar-refractivity contribution < 1.29 is 0 Å². The molecule has 0 spiro atoms. The van der Waals surface area contributed by atoms with E-state index in [4.69, 9.17) is 16.5 Å². The van der Waals surface area contributed by atoms with Gasteiger partial charge in [0.1, 0.15) is 5.82 Å². The van der Waals surface area contributed by atoms with E-state index in [0.29, 0.717) is 5.82 Å². The van der Waals surface area contributed by atoms with Gasteiger partial charge in [-0.25, -0.2) is 9.78 Å². The Morgan fingerprint density at radius 1 is 1.60 bits per heavy atom. The zero-order valence-electron chi connectivity index (χ0n) is 4.98. The summed E-state index contributed by atoms with van der Waals surface area (Å²) in [5.41, 5.74) is 4.75. The van der Waals surface area contributed by atoms with Crippen LogP contribution in [-0.4, -0.2) is 9.97 Å². The van der Waals surface area contributed by atoms with Gasteiger partial charge in [0.05, 0.1) is 0 Å². The van der Waals surface area contributed by atoms with E-state index in [1.807, 2.05) is 0 Å². The van der Waals surface area contributed by atoms with Crippen LogP contribution in [0.25, 0.3) is 0 Å². The van der Waals surface area contributed by atoms with E-state index in [1.165, 1.54) is 12.3 Å². The van der Waals surface area contributed by atoms with Gasteiger partial charge in [-0.15, -0.1) is 0 Å². The lowest BCUT2D eigenvalue weighted by molar-refractivity contribution is 1.08.